The van der Waals surface area contributed by atoms with Gasteiger partial charge in [0.2, 0.25) is 0 Å². The van der Waals surface area contributed by atoms with Crippen molar-refractivity contribution < 1.29 is 0 Å². The molecule has 0 radical (unpaired) electrons. The maximum Gasteiger partial charge on any atom is 0.120 e. The molecular weight excluding hydrogens is 250 g/mol. The molecule has 20 heavy (non-hydrogen) atoms. The van der Waals surface area contributed by atoms with Gasteiger partial charge < -0.3 is 9.88 Å². The van der Waals surface area contributed by atoms with Gasteiger partial charge in [-0.05, 0) is 32.4 Å². The number of hydrogen-bond acceptors (Lipinski definition) is 3. The fourth-order valence-electron chi connectivity index (χ4n) is 2.44. The molecule has 0 saturated carbocycles. The molecule has 106 valence electrons. The van der Waals surface area contributed by atoms with E-state index in [0.29, 0.717) is 5.69 Å². The summed E-state index contributed by atoms with van der Waals surface area (Å²) in [6.45, 7) is 7.71. The molecule has 0 atom stereocenters. The number of aromatic nitrogens is 3. The van der Waals surface area contributed by atoms with Crippen molar-refractivity contribution in [1.82, 2.24) is 19.7 Å². The second-order valence-electron chi connectivity index (χ2n) is 5.19. The molecule has 0 saturated heterocycles. The van der Waals surface area contributed by atoms with E-state index < -0.39 is 0 Å². The average Bonchev–Trinajstić information content (AvgIpc) is 2.82. The molecule has 1 N–H and O–H groups in total. The minimum Gasteiger partial charge on any atom is -0.340 e. The number of aryl methyl sites for hydroxylation is 2. The molecule has 0 bridgehead atoms. The van der Waals surface area contributed by atoms with Gasteiger partial charge in [-0.2, -0.15) is 10.4 Å². The van der Waals surface area contributed by atoms with E-state index in [1.165, 1.54) is 16.8 Å². The number of nitrogens with zero attached hydrogens (tertiary/aromatic N) is 4. The minimum atomic E-state index is 0.702. The lowest BCUT2D eigenvalue weighted by Gasteiger charge is -2.06. The second-order valence-corrected chi connectivity index (χ2v) is 5.19. The molecule has 5 heteroatoms. The smallest absolute Gasteiger partial charge is 0.120 e. The van der Waals surface area contributed by atoms with Crippen molar-refractivity contribution in [2.75, 3.05) is 0 Å². The van der Waals surface area contributed by atoms with Crippen LogP contribution in [0.4, 0.5) is 0 Å². The van der Waals surface area contributed by atoms with Gasteiger partial charge >= 0.3 is 0 Å². The van der Waals surface area contributed by atoms with E-state index >= 15 is 0 Å². The summed E-state index contributed by atoms with van der Waals surface area (Å²) in [5.41, 5.74) is 6.52. The normalized spacial score (nSPS) is 10.8. The quantitative estimate of drug-likeness (QED) is 0.923. The van der Waals surface area contributed by atoms with Gasteiger partial charge in [-0.3, -0.25) is 4.68 Å². The Balaban J connectivity index is 2.05. The number of nitriles is 1. The third kappa shape index (κ3) is 2.47. The molecule has 0 amide bonds. The van der Waals surface area contributed by atoms with Crippen LogP contribution in [0.5, 0.6) is 0 Å². The number of nitrogens with one attached hydrogen (secondary N) is 1. The summed E-state index contributed by atoms with van der Waals surface area (Å²) in [6.07, 6.45) is 0. The molecule has 2 heterocycles. The van der Waals surface area contributed by atoms with Crippen molar-refractivity contribution >= 4 is 0 Å². The Morgan fingerprint density at radius 3 is 2.40 bits per heavy atom. The van der Waals surface area contributed by atoms with Crippen molar-refractivity contribution in [3.63, 3.8) is 0 Å². The second kappa shape index (κ2) is 5.51. The van der Waals surface area contributed by atoms with Crippen molar-refractivity contribution in [2.45, 2.75) is 33.9 Å². The molecule has 0 aliphatic heterocycles. The lowest BCUT2D eigenvalue weighted by atomic mass is 10.2. The van der Waals surface area contributed by atoms with Crippen LogP contribution in [0.2, 0.25) is 0 Å². The van der Waals surface area contributed by atoms with E-state index in [4.69, 9.17) is 5.26 Å². The van der Waals surface area contributed by atoms with Gasteiger partial charge in [-0.1, -0.05) is 0 Å². The van der Waals surface area contributed by atoms with Crippen LogP contribution >= 0.6 is 0 Å². The van der Waals surface area contributed by atoms with Crippen LogP contribution in [-0.2, 0) is 27.2 Å². The highest BCUT2D eigenvalue weighted by Gasteiger charge is 2.11. The molecular formula is C15H21N5. The Labute approximate surface area is 119 Å². The highest BCUT2D eigenvalue weighted by Crippen LogP contribution is 2.15. The lowest BCUT2D eigenvalue weighted by molar-refractivity contribution is 0.679. The molecule has 2 rings (SSSR count). The first-order valence-corrected chi connectivity index (χ1v) is 6.70. The fourth-order valence-corrected chi connectivity index (χ4v) is 2.44. The van der Waals surface area contributed by atoms with Crippen molar-refractivity contribution in [3.8, 4) is 6.07 Å². The summed E-state index contributed by atoms with van der Waals surface area (Å²) in [5, 5.41) is 16.9. The van der Waals surface area contributed by atoms with Gasteiger partial charge in [0.1, 0.15) is 11.8 Å². The molecule has 0 fully saturated rings. The lowest BCUT2D eigenvalue weighted by Crippen LogP contribution is -2.14. The third-order valence-electron chi connectivity index (χ3n) is 4.03. The molecule has 0 aliphatic carbocycles. The highest BCUT2D eigenvalue weighted by atomic mass is 15.3. The van der Waals surface area contributed by atoms with Crippen LogP contribution in [-0.4, -0.2) is 14.3 Å². The topological polar surface area (TPSA) is 58.6 Å². The van der Waals surface area contributed by atoms with Crippen LogP contribution in [0.15, 0.2) is 6.07 Å². The standard InChI is InChI=1S/C15H21N5/c1-10-15(12(3)20(5)18-10)9-17-8-13-6-14(7-16)19(4)11(13)2/h6,17H,8-9H2,1-5H3. The van der Waals surface area contributed by atoms with Gasteiger partial charge in [0.05, 0.1) is 5.69 Å². The fraction of sp³-hybridized carbons (Fsp3) is 0.467. The van der Waals surface area contributed by atoms with Gasteiger partial charge in [-0.15, -0.1) is 0 Å². The first-order valence-electron chi connectivity index (χ1n) is 6.70. The third-order valence-corrected chi connectivity index (χ3v) is 4.03. The molecule has 0 spiro atoms. The monoisotopic (exact) mass is 271 g/mol. The molecule has 0 aromatic carbocycles. The number of rotatable bonds is 4. The van der Waals surface area contributed by atoms with E-state index in [9.17, 15) is 0 Å². The zero-order valence-corrected chi connectivity index (χ0v) is 12.8. The largest absolute Gasteiger partial charge is 0.340 e. The zero-order chi connectivity index (χ0) is 14.9. The van der Waals surface area contributed by atoms with Crippen LogP contribution in [0, 0.1) is 32.1 Å². The Kier molecular flexibility index (Phi) is 3.96. The van der Waals surface area contributed by atoms with Gasteiger partial charge in [0.15, 0.2) is 0 Å². The number of hydrogen-bond donors (Lipinski definition) is 1. The predicted octanol–water partition coefficient (Wildman–Crippen LogP) is 1.85. The van der Waals surface area contributed by atoms with Gasteiger partial charge in [-0.25, -0.2) is 0 Å². The first kappa shape index (κ1) is 14.4. The summed E-state index contributed by atoms with van der Waals surface area (Å²) in [4.78, 5) is 0. The maximum atomic E-state index is 9.03. The van der Waals surface area contributed by atoms with Crippen LogP contribution in [0.25, 0.3) is 0 Å². The van der Waals surface area contributed by atoms with E-state index in [-0.39, 0.29) is 0 Å². The summed E-state index contributed by atoms with van der Waals surface area (Å²) in [7, 11) is 3.89. The minimum absolute atomic E-state index is 0.702. The molecule has 5 nitrogen and oxygen atoms in total. The Hall–Kier alpha value is -2.06. The molecule has 2 aromatic rings. The van der Waals surface area contributed by atoms with Crippen molar-refractivity contribution in [1.29, 1.82) is 5.26 Å². The van der Waals surface area contributed by atoms with Crippen molar-refractivity contribution in [3.05, 3.63) is 40.0 Å². The van der Waals surface area contributed by atoms with E-state index in [1.54, 1.807) is 0 Å². The average molecular weight is 271 g/mol. The Morgan fingerprint density at radius 2 is 1.90 bits per heavy atom. The van der Waals surface area contributed by atoms with Crippen LogP contribution in [0.3, 0.4) is 0 Å². The summed E-state index contributed by atoms with van der Waals surface area (Å²) < 4.78 is 3.84. The SMILES string of the molecule is Cc1nn(C)c(C)c1CNCc1cc(C#N)n(C)c1C. The van der Waals surface area contributed by atoms with E-state index in [1.807, 2.05) is 43.3 Å². The van der Waals surface area contributed by atoms with Crippen LogP contribution in [0.1, 0.15) is 33.9 Å². The van der Waals surface area contributed by atoms with Gasteiger partial charge in [0, 0.05) is 44.1 Å². The Bertz CT molecular complexity index is 669. The van der Waals surface area contributed by atoms with Gasteiger partial charge in [0.25, 0.3) is 0 Å². The maximum absolute atomic E-state index is 9.03. The van der Waals surface area contributed by atoms with Crippen molar-refractivity contribution in [2.24, 2.45) is 14.1 Å². The first-order chi connectivity index (χ1) is 9.45. The summed E-state index contributed by atoms with van der Waals surface area (Å²) in [6, 6.07) is 4.16. The Morgan fingerprint density at radius 1 is 1.20 bits per heavy atom. The highest BCUT2D eigenvalue weighted by molar-refractivity contribution is 5.34. The molecule has 2 aromatic heterocycles. The van der Waals surface area contributed by atoms with Crippen LogP contribution < -0.4 is 5.32 Å². The molecule has 0 unspecified atom stereocenters. The van der Waals surface area contributed by atoms with E-state index in [2.05, 4.69) is 23.4 Å². The predicted molar refractivity (Wildman–Crippen MR) is 78.1 cm³/mol. The van der Waals surface area contributed by atoms with E-state index in [0.717, 1.165) is 24.5 Å². The summed E-state index contributed by atoms with van der Waals surface area (Å²) in [5.74, 6) is 0. The summed E-state index contributed by atoms with van der Waals surface area (Å²) >= 11 is 0. The molecule has 0 aliphatic rings. The zero-order valence-electron chi connectivity index (χ0n) is 12.8.